The van der Waals surface area contributed by atoms with E-state index in [1.165, 1.54) is 0 Å². The molecule has 0 saturated heterocycles. The topological polar surface area (TPSA) is 67.4 Å². The number of aryl methyl sites for hydroxylation is 1. The first kappa shape index (κ1) is 15.9. The number of nitrogens with one attached hydrogen (secondary N) is 2. The summed E-state index contributed by atoms with van der Waals surface area (Å²) in [6.45, 7) is 3.36. The van der Waals surface area contributed by atoms with Gasteiger partial charge in [0.15, 0.2) is 6.61 Å². The number of hydrogen-bond acceptors (Lipinski definition) is 3. The lowest BCUT2D eigenvalue weighted by molar-refractivity contribution is -0.132. The van der Waals surface area contributed by atoms with Crippen LogP contribution in [0.5, 0.6) is 5.75 Å². The van der Waals surface area contributed by atoms with Gasteiger partial charge >= 0.3 is 0 Å². The van der Waals surface area contributed by atoms with Crippen LogP contribution in [0.25, 0.3) is 0 Å². The fourth-order valence-corrected chi connectivity index (χ4v) is 2.51. The van der Waals surface area contributed by atoms with Crippen LogP contribution >= 0.6 is 23.2 Å². The molecule has 0 spiro atoms. The molecular formula is C14H16Cl2N2O3. The van der Waals surface area contributed by atoms with Crippen LogP contribution in [0.15, 0.2) is 24.3 Å². The summed E-state index contributed by atoms with van der Waals surface area (Å²) in [5, 5.41) is 0. The molecule has 1 saturated carbocycles. The average Bonchev–Trinajstić information content (AvgIpc) is 2.94. The molecule has 1 aromatic rings. The molecule has 21 heavy (non-hydrogen) atoms. The van der Waals surface area contributed by atoms with Crippen LogP contribution in [0, 0.1) is 12.3 Å². The van der Waals surface area contributed by atoms with E-state index < -0.39 is 21.6 Å². The van der Waals surface area contributed by atoms with Crippen LogP contribution in [0.3, 0.4) is 0 Å². The summed E-state index contributed by atoms with van der Waals surface area (Å²) in [5.41, 5.74) is 4.73. The monoisotopic (exact) mass is 330 g/mol. The molecule has 1 aromatic carbocycles. The molecule has 2 amide bonds. The second kappa shape index (κ2) is 5.73. The Kier molecular flexibility index (Phi) is 4.35. The maximum absolute atomic E-state index is 11.8. The molecule has 0 aromatic heterocycles. The standard InChI is InChI=1S/C14H16Cl2N2O3/c1-9-4-3-5-10(6-9)21-7-11(19)17-18-12(20)13(2)8-14(13,15)16/h3-6H,7-8H2,1-2H3,(H,17,19)(H,18,20). The number of amides is 2. The van der Waals surface area contributed by atoms with Crippen molar-refractivity contribution in [3.05, 3.63) is 29.8 Å². The van der Waals surface area contributed by atoms with Gasteiger partial charge in [0.2, 0.25) is 5.91 Å². The zero-order valence-corrected chi connectivity index (χ0v) is 13.2. The minimum atomic E-state index is -1.07. The second-order valence-corrected chi connectivity index (χ2v) is 6.80. The minimum Gasteiger partial charge on any atom is -0.484 e. The third kappa shape index (κ3) is 3.60. The van der Waals surface area contributed by atoms with Gasteiger partial charge in [-0.2, -0.15) is 0 Å². The van der Waals surface area contributed by atoms with E-state index in [2.05, 4.69) is 10.9 Å². The van der Waals surface area contributed by atoms with Crippen molar-refractivity contribution in [3.63, 3.8) is 0 Å². The van der Waals surface area contributed by atoms with Gasteiger partial charge in [0.05, 0.1) is 5.41 Å². The highest BCUT2D eigenvalue weighted by Gasteiger charge is 2.68. The summed E-state index contributed by atoms with van der Waals surface area (Å²) < 4.78 is 4.24. The van der Waals surface area contributed by atoms with Gasteiger partial charge in [0.25, 0.3) is 5.91 Å². The lowest BCUT2D eigenvalue weighted by Crippen LogP contribution is -2.47. The van der Waals surface area contributed by atoms with Crippen LogP contribution in [-0.2, 0) is 9.59 Å². The highest BCUT2D eigenvalue weighted by molar-refractivity contribution is 6.53. The van der Waals surface area contributed by atoms with Gasteiger partial charge in [-0.1, -0.05) is 12.1 Å². The molecule has 1 aliphatic carbocycles. The van der Waals surface area contributed by atoms with Crippen molar-refractivity contribution in [1.82, 2.24) is 10.9 Å². The van der Waals surface area contributed by atoms with Gasteiger partial charge in [-0.05, 0) is 38.0 Å². The predicted octanol–water partition coefficient (Wildman–Crippen LogP) is 2.11. The first-order valence-electron chi connectivity index (χ1n) is 6.41. The first-order valence-corrected chi connectivity index (χ1v) is 7.17. The van der Waals surface area contributed by atoms with Gasteiger partial charge in [-0.15, -0.1) is 23.2 Å². The Morgan fingerprint density at radius 2 is 2.00 bits per heavy atom. The summed E-state index contributed by atoms with van der Waals surface area (Å²) in [5.74, 6) is -0.300. The summed E-state index contributed by atoms with van der Waals surface area (Å²) in [6.07, 6.45) is 0.352. The molecule has 1 atom stereocenters. The van der Waals surface area contributed by atoms with Gasteiger partial charge < -0.3 is 4.74 Å². The summed E-state index contributed by atoms with van der Waals surface area (Å²) >= 11 is 11.8. The largest absolute Gasteiger partial charge is 0.484 e. The van der Waals surface area contributed by atoms with E-state index in [0.717, 1.165) is 5.56 Å². The summed E-state index contributed by atoms with van der Waals surface area (Å²) in [7, 11) is 0. The molecule has 2 rings (SSSR count). The van der Waals surface area contributed by atoms with Crippen LogP contribution in [0.4, 0.5) is 0 Å². The van der Waals surface area contributed by atoms with Crippen molar-refractivity contribution in [1.29, 1.82) is 0 Å². The van der Waals surface area contributed by atoms with Crippen molar-refractivity contribution < 1.29 is 14.3 Å². The van der Waals surface area contributed by atoms with Crippen LogP contribution in [-0.4, -0.2) is 22.8 Å². The molecule has 1 aliphatic rings. The number of hydrazine groups is 1. The molecule has 7 heteroatoms. The fraction of sp³-hybridized carbons (Fsp3) is 0.429. The van der Waals surface area contributed by atoms with Gasteiger partial charge in [0, 0.05) is 0 Å². The van der Waals surface area contributed by atoms with Gasteiger partial charge in [-0.25, -0.2) is 0 Å². The SMILES string of the molecule is Cc1cccc(OCC(=O)NNC(=O)C2(C)CC2(Cl)Cl)c1. The second-order valence-electron chi connectivity index (χ2n) is 5.32. The van der Waals surface area contributed by atoms with E-state index in [4.69, 9.17) is 27.9 Å². The molecule has 0 bridgehead atoms. The van der Waals surface area contributed by atoms with E-state index in [-0.39, 0.29) is 6.61 Å². The third-order valence-electron chi connectivity index (χ3n) is 3.43. The third-order valence-corrected chi connectivity index (χ3v) is 4.54. The highest BCUT2D eigenvalue weighted by atomic mass is 35.5. The molecule has 114 valence electrons. The Balaban J connectivity index is 1.75. The number of rotatable bonds is 4. The lowest BCUT2D eigenvalue weighted by atomic mass is 10.1. The Bertz CT molecular complexity index is 577. The smallest absolute Gasteiger partial charge is 0.276 e. The van der Waals surface area contributed by atoms with Crippen molar-refractivity contribution >= 4 is 35.0 Å². The van der Waals surface area contributed by atoms with Crippen LogP contribution in [0.2, 0.25) is 0 Å². The first-order chi connectivity index (χ1) is 9.74. The quantitative estimate of drug-likeness (QED) is 0.656. The molecule has 0 heterocycles. The van der Waals surface area contributed by atoms with E-state index in [0.29, 0.717) is 12.2 Å². The molecule has 1 fully saturated rings. The van der Waals surface area contributed by atoms with Gasteiger partial charge in [-0.3, -0.25) is 20.4 Å². The van der Waals surface area contributed by atoms with E-state index >= 15 is 0 Å². The van der Waals surface area contributed by atoms with E-state index in [1.54, 1.807) is 13.0 Å². The fourth-order valence-electron chi connectivity index (χ4n) is 1.80. The number of carbonyl (C=O) groups is 2. The average molecular weight is 331 g/mol. The minimum absolute atomic E-state index is 0.201. The summed E-state index contributed by atoms with van der Waals surface area (Å²) in [6, 6.07) is 7.32. The summed E-state index contributed by atoms with van der Waals surface area (Å²) in [4.78, 5) is 23.4. The molecule has 0 radical (unpaired) electrons. The number of carbonyl (C=O) groups excluding carboxylic acids is 2. The highest BCUT2D eigenvalue weighted by Crippen LogP contribution is 2.63. The van der Waals surface area contributed by atoms with Crippen molar-refractivity contribution in [2.24, 2.45) is 5.41 Å². The molecule has 2 N–H and O–H groups in total. The van der Waals surface area contributed by atoms with Crippen LogP contribution in [0.1, 0.15) is 18.9 Å². The van der Waals surface area contributed by atoms with E-state index in [9.17, 15) is 9.59 Å². The number of alkyl halides is 2. The zero-order chi connectivity index (χ0) is 15.7. The molecular weight excluding hydrogens is 315 g/mol. The van der Waals surface area contributed by atoms with Crippen molar-refractivity contribution in [2.75, 3.05) is 6.61 Å². The number of hydrogen-bond donors (Lipinski definition) is 2. The maximum Gasteiger partial charge on any atom is 0.276 e. The maximum atomic E-state index is 11.8. The van der Waals surface area contributed by atoms with Crippen LogP contribution < -0.4 is 15.6 Å². The zero-order valence-electron chi connectivity index (χ0n) is 11.7. The van der Waals surface area contributed by atoms with E-state index in [1.807, 2.05) is 25.1 Å². The Labute approximate surface area is 132 Å². The Hall–Kier alpha value is -1.46. The normalized spacial score (nSPS) is 22.3. The van der Waals surface area contributed by atoms with Crippen molar-refractivity contribution in [3.8, 4) is 5.75 Å². The number of benzene rings is 1. The van der Waals surface area contributed by atoms with Gasteiger partial charge in [0.1, 0.15) is 10.1 Å². The predicted molar refractivity (Wildman–Crippen MR) is 80.1 cm³/mol. The lowest BCUT2D eigenvalue weighted by Gasteiger charge is -2.13. The van der Waals surface area contributed by atoms with Crippen molar-refractivity contribution in [2.45, 2.75) is 24.6 Å². The molecule has 0 aliphatic heterocycles. The number of halogens is 2. The molecule has 1 unspecified atom stereocenters. The molecule has 5 nitrogen and oxygen atoms in total. The Morgan fingerprint density at radius 1 is 1.33 bits per heavy atom. The Morgan fingerprint density at radius 3 is 2.57 bits per heavy atom. The number of ether oxygens (including phenoxy) is 1.